The Labute approximate surface area is 180 Å². The molecule has 0 bridgehead atoms. The van der Waals surface area contributed by atoms with Crippen LogP contribution in [-0.2, 0) is 10.2 Å². The van der Waals surface area contributed by atoms with E-state index in [1.807, 2.05) is 19.1 Å². The summed E-state index contributed by atoms with van der Waals surface area (Å²) in [5.74, 6) is 0.434. The van der Waals surface area contributed by atoms with E-state index in [1.54, 1.807) is 6.20 Å². The normalized spacial score (nSPS) is 16.0. The van der Waals surface area contributed by atoms with Gasteiger partial charge in [-0.05, 0) is 87.1 Å². The lowest BCUT2D eigenvalue weighted by Gasteiger charge is -2.38. The van der Waals surface area contributed by atoms with Crippen molar-refractivity contribution in [1.82, 2.24) is 10.3 Å². The molecule has 0 unspecified atom stereocenters. The molecule has 2 N–H and O–H groups in total. The first-order chi connectivity index (χ1) is 12.9. The van der Waals surface area contributed by atoms with Crippen molar-refractivity contribution in [3.63, 3.8) is 0 Å². The molecule has 1 saturated heterocycles. The fraction of sp³-hybridized carbons (Fsp3) is 0.368. The minimum atomic E-state index is -0.229. The topological polar surface area (TPSA) is 46.2 Å². The van der Waals surface area contributed by atoms with Gasteiger partial charge in [-0.1, -0.05) is 12.1 Å². The van der Waals surface area contributed by atoms with Crippen LogP contribution in [0.3, 0.4) is 0 Å². The second-order valence-corrected chi connectivity index (χ2v) is 8.66. The second-order valence-electron chi connectivity index (χ2n) is 6.60. The van der Waals surface area contributed by atoms with Gasteiger partial charge in [-0.3, -0.25) is 0 Å². The number of nitrogens with zero attached hydrogens (tertiary/aromatic N) is 1. The van der Waals surface area contributed by atoms with Crippen molar-refractivity contribution in [2.45, 2.75) is 25.2 Å². The molecule has 4 nitrogen and oxygen atoms in total. The number of rotatable bonds is 4. The van der Waals surface area contributed by atoms with Gasteiger partial charge in [-0.15, -0.1) is 0 Å². The largest absolute Gasteiger partial charge is 0.381 e. The SMILES string of the molecule is Cc1c(Br)cnc(NC(=S)NCC2(c3ccc(F)cc3)CCOCC2)c1Br. The van der Waals surface area contributed by atoms with Crippen molar-refractivity contribution < 1.29 is 9.13 Å². The molecule has 1 aliphatic rings. The summed E-state index contributed by atoms with van der Waals surface area (Å²) < 4.78 is 20.7. The third-order valence-corrected chi connectivity index (χ3v) is 6.94. The molecule has 1 aromatic heterocycles. The number of benzene rings is 1. The summed E-state index contributed by atoms with van der Waals surface area (Å²) in [5.41, 5.74) is 2.00. The van der Waals surface area contributed by atoms with Gasteiger partial charge in [0.2, 0.25) is 0 Å². The number of hydrogen-bond donors (Lipinski definition) is 2. The van der Waals surface area contributed by atoms with Gasteiger partial charge in [0.1, 0.15) is 11.6 Å². The number of hydrogen-bond acceptors (Lipinski definition) is 3. The number of halogens is 3. The Morgan fingerprint density at radius 2 is 1.93 bits per heavy atom. The van der Waals surface area contributed by atoms with Crippen molar-refractivity contribution in [3.8, 4) is 0 Å². The van der Waals surface area contributed by atoms with Crippen molar-refractivity contribution in [2.24, 2.45) is 0 Å². The molecule has 2 aromatic rings. The average Bonchev–Trinajstić information content (AvgIpc) is 2.68. The first kappa shape index (κ1) is 20.6. The summed E-state index contributed by atoms with van der Waals surface area (Å²) in [7, 11) is 0. The van der Waals surface area contributed by atoms with Gasteiger partial charge >= 0.3 is 0 Å². The highest BCUT2D eigenvalue weighted by Gasteiger charge is 2.34. The molecule has 27 heavy (non-hydrogen) atoms. The van der Waals surface area contributed by atoms with Gasteiger partial charge in [-0.25, -0.2) is 9.37 Å². The van der Waals surface area contributed by atoms with Gasteiger partial charge in [0, 0.05) is 35.8 Å². The van der Waals surface area contributed by atoms with E-state index >= 15 is 0 Å². The Bertz CT molecular complexity index is 826. The molecule has 8 heteroatoms. The van der Waals surface area contributed by atoms with Gasteiger partial charge < -0.3 is 15.4 Å². The number of anilines is 1. The Morgan fingerprint density at radius 1 is 1.26 bits per heavy atom. The molecule has 1 aromatic carbocycles. The van der Waals surface area contributed by atoms with Crippen LogP contribution in [0.5, 0.6) is 0 Å². The lowest BCUT2D eigenvalue weighted by Crippen LogP contribution is -2.45. The van der Waals surface area contributed by atoms with Crippen LogP contribution in [0.4, 0.5) is 10.2 Å². The summed E-state index contributed by atoms with van der Waals surface area (Å²) in [5, 5.41) is 6.96. The highest BCUT2D eigenvalue weighted by Crippen LogP contribution is 2.34. The van der Waals surface area contributed by atoms with E-state index in [-0.39, 0.29) is 11.2 Å². The monoisotopic (exact) mass is 515 g/mol. The van der Waals surface area contributed by atoms with Crippen LogP contribution in [0.15, 0.2) is 39.4 Å². The van der Waals surface area contributed by atoms with E-state index in [0.717, 1.165) is 32.9 Å². The molecule has 0 spiro atoms. The number of nitrogens with one attached hydrogen (secondary N) is 2. The highest BCUT2D eigenvalue weighted by atomic mass is 79.9. The number of ether oxygens (including phenoxy) is 1. The van der Waals surface area contributed by atoms with Crippen molar-refractivity contribution in [2.75, 3.05) is 25.1 Å². The Balaban J connectivity index is 1.71. The van der Waals surface area contributed by atoms with Crippen molar-refractivity contribution in [1.29, 1.82) is 0 Å². The lowest BCUT2D eigenvalue weighted by atomic mass is 9.74. The molecule has 0 saturated carbocycles. The van der Waals surface area contributed by atoms with Gasteiger partial charge in [-0.2, -0.15) is 0 Å². The minimum Gasteiger partial charge on any atom is -0.381 e. The maximum Gasteiger partial charge on any atom is 0.172 e. The summed E-state index contributed by atoms with van der Waals surface area (Å²) in [4.78, 5) is 4.36. The second kappa shape index (κ2) is 8.94. The first-order valence-corrected chi connectivity index (χ1v) is 10.6. The lowest BCUT2D eigenvalue weighted by molar-refractivity contribution is 0.0515. The predicted molar refractivity (Wildman–Crippen MR) is 117 cm³/mol. The van der Waals surface area contributed by atoms with E-state index in [9.17, 15) is 4.39 Å². The van der Waals surface area contributed by atoms with Crippen LogP contribution in [0.25, 0.3) is 0 Å². The maximum atomic E-state index is 13.3. The molecule has 0 aliphatic carbocycles. The zero-order valence-electron chi connectivity index (χ0n) is 14.8. The summed E-state index contributed by atoms with van der Waals surface area (Å²) >= 11 is 12.5. The molecule has 0 atom stereocenters. The Morgan fingerprint density at radius 3 is 2.59 bits per heavy atom. The molecule has 0 amide bonds. The fourth-order valence-corrected chi connectivity index (χ4v) is 4.33. The molecule has 2 heterocycles. The van der Waals surface area contributed by atoms with Crippen LogP contribution >= 0.6 is 44.1 Å². The van der Waals surface area contributed by atoms with Crippen LogP contribution < -0.4 is 10.6 Å². The van der Waals surface area contributed by atoms with Crippen molar-refractivity contribution >= 4 is 55.0 Å². The van der Waals surface area contributed by atoms with E-state index < -0.39 is 0 Å². The molecule has 3 rings (SSSR count). The molecule has 0 radical (unpaired) electrons. The van der Waals surface area contributed by atoms with Gasteiger partial charge in [0.15, 0.2) is 5.11 Å². The van der Waals surface area contributed by atoms with Crippen LogP contribution in [0.1, 0.15) is 24.0 Å². The van der Waals surface area contributed by atoms with Gasteiger partial charge in [0.25, 0.3) is 0 Å². The predicted octanol–water partition coefficient (Wildman–Crippen LogP) is 5.09. The van der Waals surface area contributed by atoms with E-state index in [2.05, 4.69) is 47.5 Å². The number of pyridine rings is 1. The smallest absolute Gasteiger partial charge is 0.172 e. The quantitative estimate of drug-likeness (QED) is 0.554. The molecular weight excluding hydrogens is 497 g/mol. The average molecular weight is 517 g/mol. The van der Waals surface area contributed by atoms with Gasteiger partial charge in [0.05, 0.1) is 4.47 Å². The van der Waals surface area contributed by atoms with Crippen LogP contribution in [-0.4, -0.2) is 29.9 Å². The maximum absolute atomic E-state index is 13.3. The fourth-order valence-electron chi connectivity index (χ4n) is 3.18. The van der Waals surface area contributed by atoms with E-state index in [4.69, 9.17) is 17.0 Å². The number of aromatic nitrogens is 1. The first-order valence-electron chi connectivity index (χ1n) is 8.60. The highest BCUT2D eigenvalue weighted by molar-refractivity contribution is 9.11. The van der Waals surface area contributed by atoms with E-state index in [1.165, 1.54) is 12.1 Å². The van der Waals surface area contributed by atoms with E-state index in [0.29, 0.717) is 30.7 Å². The zero-order valence-corrected chi connectivity index (χ0v) is 18.8. The zero-order chi connectivity index (χ0) is 19.4. The summed E-state index contributed by atoms with van der Waals surface area (Å²) in [6.45, 7) is 3.99. The number of thiocarbonyl (C=S) groups is 1. The summed E-state index contributed by atoms with van der Waals surface area (Å²) in [6.07, 6.45) is 3.45. The van der Waals surface area contributed by atoms with Crippen molar-refractivity contribution in [3.05, 3.63) is 56.4 Å². The van der Waals surface area contributed by atoms with Crippen LogP contribution in [0.2, 0.25) is 0 Å². The molecular formula is C19H20Br2FN3OS. The molecule has 1 aliphatic heterocycles. The summed E-state index contributed by atoms with van der Waals surface area (Å²) in [6, 6.07) is 6.73. The Kier molecular flexibility index (Phi) is 6.83. The standard InChI is InChI=1S/C19H20Br2FN3OS/c1-12-15(20)10-23-17(16(12)21)25-18(27)24-11-19(6-8-26-9-7-19)13-2-4-14(22)5-3-13/h2-5,10H,6-9,11H2,1H3,(H2,23,24,25,27). The third kappa shape index (κ3) is 4.85. The Hall–Kier alpha value is -1.09. The third-order valence-electron chi connectivity index (χ3n) is 4.93. The minimum absolute atomic E-state index is 0.141. The van der Waals surface area contributed by atoms with Crippen LogP contribution in [0, 0.1) is 12.7 Å². The molecule has 144 valence electrons. The molecule has 1 fully saturated rings.